The van der Waals surface area contributed by atoms with E-state index in [1.54, 1.807) is 23.1 Å². The summed E-state index contributed by atoms with van der Waals surface area (Å²) in [6, 6.07) is 13.1. The largest absolute Gasteiger partial charge is 0.447 e. The number of nitrogens with zero attached hydrogens (tertiary/aromatic N) is 3. The molecule has 3 heterocycles. The Morgan fingerprint density at radius 3 is 2.50 bits per heavy atom. The molecule has 0 bridgehead atoms. The fourth-order valence-corrected chi connectivity index (χ4v) is 6.22. The molecule has 204 valence electrons. The van der Waals surface area contributed by atoms with Crippen molar-refractivity contribution in [1.29, 1.82) is 0 Å². The van der Waals surface area contributed by atoms with Gasteiger partial charge in [0.2, 0.25) is 5.91 Å². The van der Waals surface area contributed by atoms with Gasteiger partial charge in [-0.1, -0.05) is 43.1 Å². The number of likely N-dealkylation sites (tertiary alicyclic amines) is 1. The lowest BCUT2D eigenvalue weighted by Crippen LogP contribution is -2.70. The standard InChI is InChI=1S/C25H26Cl2N4O4S.C2H6/c1-16-11-29(7-8-31(16)19-4-2-3-18(26)10-19)23(33)17-5-6-21(20(27)9-17)36-12-22(32)30-13-25(14-30)15-35-24(34)28-25;1-2/h2-6,9-10,16H,7-8,11-15H2,1H3,(H,28,34);1-2H3/t16-;/m0./s1. The molecule has 0 unspecified atom stereocenters. The zero-order chi connectivity index (χ0) is 27.4. The molecular weight excluding hydrogens is 547 g/mol. The van der Waals surface area contributed by atoms with Crippen molar-refractivity contribution in [2.45, 2.75) is 37.2 Å². The molecule has 1 atom stereocenters. The highest BCUT2D eigenvalue weighted by atomic mass is 35.5. The van der Waals surface area contributed by atoms with Gasteiger partial charge in [0.05, 0.1) is 10.8 Å². The number of hydrogen-bond donors (Lipinski definition) is 1. The molecule has 2 aromatic carbocycles. The van der Waals surface area contributed by atoms with Crippen LogP contribution in [0.4, 0.5) is 10.5 Å². The van der Waals surface area contributed by atoms with E-state index < -0.39 is 11.6 Å². The number of nitrogens with one attached hydrogen (secondary N) is 1. The first-order chi connectivity index (χ1) is 18.2. The van der Waals surface area contributed by atoms with Crippen LogP contribution >= 0.6 is 35.0 Å². The number of piperazine rings is 1. The maximum Gasteiger partial charge on any atom is 0.407 e. The van der Waals surface area contributed by atoms with Crippen LogP contribution in [0.2, 0.25) is 10.0 Å². The number of alkyl carbamates (subject to hydrolysis) is 1. The number of amides is 3. The maximum absolute atomic E-state index is 13.2. The van der Waals surface area contributed by atoms with Crippen molar-refractivity contribution in [3.05, 3.63) is 58.1 Å². The van der Waals surface area contributed by atoms with E-state index in [0.29, 0.717) is 54.9 Å². The van der Waals surface area contributed by atoms with Gasteiger partial charge in [-0.2, -0.15) is 0 Å². The molecule has 3 aliphatic heterocycles. The van der Waals surface area contributed by atoms with Crippen molar-refractivity contribution in [2.75, 3.05) is 50.0 Å². The van der Waals surface area contributed by atoms with E-state index >= 15 is 0 Å². The molecule has 1 spiro atoms. The van der Waals surface area contributed by atoms with Crippen LogP contribution in [-0.2, 0) is 9.53 Å². The monoisotopic (exact) mass is 578 g/mol. The third kappa shape index (κ3) is 6.16. The van der Waals surface area contributed by atoms with Crippen molar-refractivity contribution >= 4 is 58.6 Å². The van der Waals surface area contributed by atoms with Crippen LogP contribution in [0.15, 0.2) is 47.4 Å². The van der Waals surface area contributed by atoms with Gasteiger partial charge in [-0.05, 0) is 43.3 Å². The number of thioether (sulfide) groups is 1. The van der Waals surface area contributed by atoms with Gasteiger partial charge in [0.1, 0.15) is 12.1 Å². The van der Waals surface area contributed by atoms with Gasteiger partial charge < -0.3 is 24.8 Å². The summed E-state index contributed by atoms with van der Waals surface area (Å²) in [4.78, 5) is 43.5. The van der Waals surface area contributed by atoms with Crippen LogP contribution in [0.25, 0.3) is 0 Å². The van der Waals surface area contributed by atoms with E-state index in [4.69, 9.17) is 27.9 Å². The van der Waals surface area contributed by atoms with Crippen LogP contribution in [0.5, 0.6) is 0 Å². The molecular formula is C27H32Cl2N4O4S. The zero-order valence-electron chi connectivity index (χ0n) is 21.7. The fraction of sp³-hybridized carbons (Fsp3) is 0.444. The number of halogens is 2. The summed E-state index contributed by atoms with van der Waals surface area (Å²) in [7, 11) is 0. The predicted molar refractivity (Wildman–Crippen MR) is 151 cm³/mol. The Balaban J connectivity index is 0.00000164. The first-order valence-corrected chi connectivity index (χ1v) is 14.4. The Morgan fingerprint density at radius 1 is 1.11 bits per heavy atom. The number of benzene rings is 2. The molecule has 0 radical (unpaired) electrons. The van der Waals surface area contributed by atoms with Gasteiger partial charge >= 0.3 is 6.09 Å². The minimum absolute atomic E-state index is 0.0328. The van der Waals surface area contributed by atoms with Crippen molar-refractivity contribution < 1.29 is 19.1 Å². The lowest BCUT2D eigenvalue weighted by molar-refractivity contribution is -0.136. The second kappa shape index (κ2) is 12.1. The molecule has 11 heteroatoms. The number of rotatable bonds is 5. The highest BCUT2D eigenvalue weighted by molar-refractivity contribution is 8.00. The third-order valence-corrected chi connectivity index (χ3v) is 8.49. The van der Waals surface area contributed by atoms with Crippen LogP contribution in [0, 0.1) is 0 Å². The average Bonchev–Trinajstić information content (AvgIpc) is 3.29. The quantitative estimate of drug-likeness (QED) is 0.514. The lowest BCUT2D eigenvalue weighted by atomic mass is 9.92. The van der Waals surface area contributed by atoms with Gasteiger partial charge in [-0.15, -0.1) is 11.8 Å². The van der Waals surface area contributed by atoms with E-state index in [2.05, 4.69) is 17.1 Å². The molecule has 3 saturated heterocycles. The summed E-state index contributed by atoms with van der Waals surface area (Å²) in [6.45, 7) is 9.18. The molecule has 0 saturated carbocycles. The first kappa shape index (κ1) is 28.4. The third-order valence-electron chi connectivity index (χ3n) is 6.77. The molecule has 3 fully saturated rings. The Hall–Kier alpha value is -2.62. The zero-order valence-corrected chi connectivity index (χ0v) is 24.0. The van der Waals surface area contributed by atoms with E-state index in [-0.39, 0.29) is 23.6 Å². The van der Waals surface area contributed by atoms with Crippen molar-refractivity contribution in [3.63, 3.8) is 0 Å². The van der Waals surface area contributed by atoms with Crippen LogP contribution in [0.3, 0.4) is 0 Å². The number of cyclic esters (lactones) is 1. The average molecular weight is 580 g/mol. The van der Waals surface area contributed by atoms with Crippen molar-refractivity contribution in [3.8, 4) is 0 Å². The summed E-state index contributed by atoms with van der Waals surface area (Å²) < 4.78 is 4.94. The Morgan fingerprint density at radius 2 is 1.87 bits per heavy atom. The van der Waals surface area contributed by atoms with Crippen LogP contribution < -0.4 is 10.2 Å². The Kier molecular flexibility index (Phi) is 9.00. The number of hydrogen-bond acceptors (Lipinski definition) is 6. The summed E-state index contributed by atoms with van der Waals surface area (Å²) in [5, 5.41) is 3.90. The highest BCUT2D eigenvalue weighted by Gasteiger charge is 2.50. The normalized spacial score (nSPS) is 19.8. The minimum Gasteiger partial charge on any atom is -0.447 e. The van der Waals surface area contributed by atoms with Gasteiger partial charge in [-0.3, -0.25) is 9.59 Å². The molecule has 5 rings (SSSR count). The van der Waals surface area contributed by atoms with Gasteiger partial charge in [0, 0.05) is 59.9 Å². The van der Waals surface area contributed by atoms with Crippen molar-refractivity contribution in [1.82, 2.24) is 15.1 Å². The minimum atomic E-state index is -0.436. The summed E-state index contributed by atoms with van der Waals surface area (Å²) in [5.74, 6) is 0.129. The fourth-order valence-electron chi connectivity index (χ4n) is 4.87. The highest BCUT2D eigenvalue weighted by Crippen LogP contribution is 2.31. The van der Waals surface area contributed by atoms with Gasteiger partial charge in [0.15, 0.2) is 0 Å². The van der Waals surface area contributed by atoms with E-state index in [0.717, 1.165) is 10.6 Å². The van der Waals surface area contributed by atoms with E-state index in [9.17, 15) is 14.4 Å². The topological polar surface area (TPSA) is 82.2 Å². The number of carbonyl (C=O) groups is 3. The molecule has 8 nitrogen and oxygen atoms in total. The van der Waals surface area contributed by atoms with E-state index in [1.165, 1.54) is 11.8 Å². The summed E-state index contributed by atoms with van der Waals surface area (Å²) >= 11 is 14.0. The van der Waals surface area contributed by atoms with Gasteiger partial charge in [0.25, 0.3) is 5.91 Å². The molecule has 2 aromatic rings. The number of carbonyl (C=O) groups excluding carboxylic acids is 3. The predicted octanol–water partition coefficient (Wildman–Crippen LogP) is 4.78. The second-order valence-corrected chi connectivity index (χ2v) is 11.3. The Bertz CT molecular complexity index is 1210. The number of anilines is 1. The number of ether oxygens (including phenoxy) is 1. The van der Waals surface area contributed by atoms with Crippen LogP contribution in [-0.4, -0.2) is 84.4 Å². The molecule has 0 aromatic heterocycles. The second-order valence-electron chi connectivity index (χ2n) is 9.44. The first-order valence-electron chi connectivity index (χ1n) is 12.7. The summed E-state index contributed by atoms with van der Waals surface area (Å²) in [5.41, 5.74) is 1.14. The molecule has 1 N–H and O–H groups in total. The van der Waals surface area contributed by atoms with Crippen LogP contribution in [0.1, 0.15) is 31.1 Å². The molecule has 3 amide bonds. The van der Waals surface area contributed by atoms with E-state index in [1.807, 2.05) is 43.0 Å². The smallest absolute Gasteiger partial charge is 0.407 e. The SMILES string of the molecule is CC.C[C@H]1CN(C(=O)c2ccc(SCC(=O)N3CC4(COC(=O)N4)C3)c(Cl)c2)CCN1c1cccc(Cl)c1. The molecule has 3 aliphatic rings. The molecule has 0 aliphatic carbocycles. The lowest BCUT2D eigenvalue weighted by Gasteiger charge is -2.45. The van der Waals surface area contributed by atoms with Gasteiger partial charge in [-0.25, -0.2) is 4.79 Å². The Labute approximate surface area is 237 Å². The summed E-state index contributed by atoms with van der Waals surface area (Å²) in [6.07, 6.45) is -0.435. The molecule has 38 heavy (non-hydrogen) atoms. The maximum atomic E-state index is 13.2. The van der Waals surface area contributed by atoms with Crippen molar-refractivity contribution in [2.24, 2.45) is 0 Å².